The van der Waals surface area contributed by atoms with Crippen LogP contribution in [0.4, 0.5) is 0 Å². The van der Waals surface area contributed by atoms with Gasteiger partial charge in [-0.1, -0.05) is 75.7 Å². The van der Waals surface area contributed by atoms with Crippen molar-refractivity contribution >= 4 is 27.6 Å². The third-order valence-corrected chi connectivity index (χ3v) is 8.89. The van der Waals surface area contributed by atoms with E-state index >= 15 is 0 Å². The molecule has 0 saturated carbocycles. The average Bonchev–Trinajstić information content (AvgIpc) is 3.13. The van der Waals surface area contributed by atoms with Crippen LogP contribution in [0.1, 0.15) is 54.0 Å². The molecule has 204 valence electrons. The summed E-state index contributed by atoms with van der Waals surface area (Å²) < 4.78 is 41.5. The Morgan fingerprint density at radius 3 is 2.30 bits per heavy atom. The number of hydrogen-bond donors (Lipinski definition) is 0. The van der Waals surface area contributed by atoms with Crippen molar-refractivity contribution in [3.8, 4) is 0 Å². The van der Waals surface area contributed by atoms with Crippen LogP contribution in [0.5, 0.6) is 0 Å². The van der Waals surface area contributed by atoms with Gasteiger partial charge in [0.1, 0.15) is 12.2 Å². The number of carbonyl (C=O) groups is 1. The van der Waals surface area contributed by atoms with Gasteiger partial charge in [0.05, 0.1) is 17.5 Å². The fourth-order valence-electron chi connectivity index (χ4n) is 4.96. The minimum atomic E-state index is -3.89. The Morgan fingerprint density at radius 1 is 1.08 bits per heavy atom. The molecule has 0 spiro atoms. The smallest absolute Gasteiger partial charge is 0.332 e. The van der Waals surface area contributed by atoms with Gasteiger partial charge in [0.2, 0.25) is 10.0 Å². The summed E-state index contributed by atoms with van der Waals surface area (Å²) in [4.78, 5) is 12.6. The first-order chi connectivity index (χ1) is 17.0. The molecule has 0 radical (unpaired) electrons. The Balaban J connectivity index is 2.04. The van der Waals surface area contributed by atoms with E-state index in [1.165, 1.54) is 0 Å². The maximum absolute atomic E-state index is 14.3. The molecule has 6 nitrogen and oxygen atoms in total. The number of nitrogens with zero attached hydrogens (tertiary/aromatic N) is 1. The van der Waals surface area contributed by atoms with E-state index in [-0.39, 0.29) is 25.0 Å². The first-order valence-corrected chi connectivity index (χ1v) is 14.5. The first-order valence-electron chi connectivity index (χ1n) is 12.7. The number of carbonyl (C=O) groups excluding carboxylic acids is 1. The minimum absolute atomic E-state index is 0.00922. The van der Waals surface area contributed by atoms with Gasteiger partial charge >= 0.3 is 5.97 Å². The van der Waals surface area contributed by atoms with Crippen LogP contribution in [-0.4, -0.2) is 49.6 Å². The maximum Gasteiger partial charge on any atom is 0.332 e. The van der Waals surface area contributed by atoms with Crippen molar-refractivity contribution < 1.29 is 22.7 Å². The molecule has 0 amide bonds. The Labute approximate surface area is 227 Å². The third-order valence-electron chi connectivity index (χ3n) is 6.62. The quantitative estimate of drug-likeness (QED) is 0.307. The van der Waals surface area contributed by atoms with Crippen LogP contribution in [0, 0.1) is 24.2 Å². The molecule has 0 fully saturated rings. The fraction of sp³-hybridized carbons (Fsp3) is 0.552. The van der Waals surface area contributed by atoms with Crippen molar-refractivity contribution in [1.82, 2.24) is 4.31 Å². The van der Waals surface area contributed by atoms with Crippen molar-refractivity contribution in [1.29, 1.82) is 0 Å². The van der Waals surface area contributed by atoms with Crippen LogP contribution < -0.4 is 0 Å². The standard InChI is InChI=1S/C29H40ClNO5S/c1-19-11-9-10-12-24(19)37(33,34)31-25(28(3,4)5)16-21(17-35-18-26(32)36-29(6,7)8)27(31)23-14-13-22(30)15-20(23)2/h9-16,20,23,25,27H,17-18H2,1-8H3. The normalized spacial score (nSPS) is 25.1. The molecule has 0 bridgehead atoms. The molecule has 37 heavy (non-hydrogen) atoms. The van der Waals surface area contributed by atoms with Gasteiger partial charge in [-0.05, 0) is 62.3 Å². The van der Waals surface area contributed by atoms with E-state index in [1.54, 1.807) is 37.2 Å². The van der Waals surface area contributed by atoms with Crippen molar-refractivity contribution in [3.63, 3.8) is 0 Å². The van der Waals surface area contributed by atoms with Gasteiger partial charge in [-0.25, -0.2) is 13.2 Å². The van der Waals surface area contributed by atoms with E-state index in [9.17, 15) is 13.2 Å². The Kier molecular flexibility index (Phi) is 8.85. The number of rotatable bonds is 7. The van der Waals surface area contributed by atoms with Crippen LogP contribution in [0.25, 0.3) is 0 Å². The van der Waals surface area contributed by atoms with Crippen LogP contribution in [0.2, 0.25) is 0 Å². The molecule has 1 heterocycles. The van der Waals surface area contributed by atoms with Crippen LogP contribution in [0.3, 0.4) is 0 Å². The molecule has 1 aromatic carbocycles. The highest BCUT2D eigenvalue weighted by Gasteiger charge is 2.50. The predicted molar refractivity (Wildman–Crippen MR) is 148 cm³/mol. The number of ether oxygens (including phenoxy) is 2. The van der Waals surface area contributed by atoms with Gasteiger partial charge in [-0.3, -0.25) is 0 Å². The molecular weight excluding hydrogens is 510 g/mol. The third kappa shape index (κ3) is 6.94. The average molecular weight is 550 g/mol. The minimum Gasteiger partial charge on any atom is -0.458 e. The van der Waals surface area contributed by atoms with Crippen LogP contribution >= 0.6 is 11.6 Å². The lowest BCUT2D eigenvalue weighted by Gasteiger charge is -2.41. The number of sulfonamides is 1. The van der Waals surface area contributed by atoms with Gasteiger partial charge in [-0.2, -0.15) is 4.31 Å². The maximum atomic E-state index is 14.3. The monoisotopic (exact) mass is 549 g/mol. The number of halogens is 1. The lowest BCUT2D eigenvalue weighted by molar-refractivity contribution is -0.159. The molecule has 4 unspecified atom stereocenters. The zero-order chi connectivity index (χ0) is 27.8. The van der Waals surface area contributed by atoms with E-state index in [4.69, 9.17) is 21.1 Å². The lowest BCUT2D eigenvalue weighted by Crippen LogP contribution is -2.51. The summed E-state index contributed by atoms with van der Waals surface area (Å²) in [7, 11) is -3.89. The summed E-state index contributed by atoms with van der Waals surface area (Å²) in [5.74, 6) is -0.630. The van der Waals surface area contributed by atoms with Gasteiger partial charge in [-0.15, -0.1) is 0 Å². The van der Waals surface area contributed by atoms with E-state index in [2.05, 4.69) is 0 Å². The molecular formula is C29H40ClNO5S. The van der Waals surface area contributed by atoms with Gasteiger partial charge in [0.15, 0.2) is 0 Å². The highest BCUT2D eigenvalue weighted by atomic mass is 35.5. The van der Waals surface area contributed by atoms with Crippen molar-refractivity contribution in [2.75, 3.05) is 13.2 Å². The molecule has 1 aliphatic carbocycles. The fourth-order valence-corrected chi connectivity index (χ4v) is 7.44. The molecule has 1 aliphatic heterocycles. The number of esters is 1. The summed E-state index contributed by atoms with van der Waals surface area (Å²) in [6, 6.07) is 6.15. The summed E-state index contributed by atoms with van der Waals surface area (Å²) in [5.41, 5.74) is 0.516. The van der Waals surface area contributed by atoms with Gasteiger partial charge in [0, 0.05) is 17.0 Å². The molecule has 0 N–H and O–H groups in total. The first kappa shape index (κ1) is 29.6. The Bertz CT molecular complexity index is 1200. The molecule has 8 heteroatoms. The molecule has 2 aliphatic rings. The molecule has 0 saturated heterocycles. The zero-order valence-electron chi connectivity index (χ0n) is 23.1. The molecule has 1 aromatic rings. The Morgan fingerprint density at radius 2 is 1.73 bits per heavy atom. The number of hydrogen-bond acceptors (Lipinski definition) is 5. The largest absolute Gasteiger partial charge is 0.458 e. The van der Waals surface area contributed by atoms with E-state index in [1.807, 2.05) is 71.1 Å². The highest BCUT2D eigenvalue weighted by molar-refractivity contribution is 7.89. The van der Waals surface area contributed by atoms with Gasteiger partial charge in [0.25, 0.3) is 0 Å². The number of allylic oxidation sites excluding steroid dienone is 3. The highest BCUT2D eigenvalue weighted by Crippen LogP contribution is 2.45. The molecule has 3 rings (SSSR count). The van der Waals surface area contributed by atoms with E-state index in [0.29, 0.717) is 15.5 Å². The SMILES string of the molecule is Cc1ccccc1S(=O)(=O)N1C(C2C=CC(Cl)=CC2C)C(COCC(=O)OC(C)(C)C)=CC1C(C)(C)C. The molecule has 4 atom stereocenters. The zero-order valence-corrected chi connectivity index (χ0v) is 24.7. The topological polar surface area (TPSA) is 72.9 Å². The molecule has 0 aromatic heterocycles. The number of aryl methyl sites for hydroxylation is 1. The summed E-state index contributed by atoms with van der Waals surface area (Å²) in [6.45, 7) is 15.3. The van der Waals surface area contributed by atoms with Crippen LogP contribution in [0.15, 0.2) is 64.1 Å². The van der Waals surface area contributed by atoms with E-state index < -0.39 is 39.1 Å². The van der Waals surface area contributed by atoms with Gasteiger partial charge < -0.3 is 9.47 Å². The van der Waals surface area contributed by atoms with Crippen molar-refractivity contribution in [2.45, 2.75) is 78.0 Å². The second-order valence-corrected chi connectivity index (χ2v) is 14.3. The Hall–Kier alpha value is -1.93. The second-order valence-electron chi connectivity index (χ2n) is 12.0. The van der Waals surface area contributed by atoms with Crippen LogP contribution in [-0.2, 0) is 24.3 Å². The van der Waals surface area contributed by atoms with Crippen molar-refractivity contribution in [3.05, 3.63) is 64.7 Å². The van der Waals surface area contributed by atoms with E-state index in [0.717, 1.165) is 5.57 Å². The summed E-state index contributed by atoms with van der Waals surface area (Å²) in [5, 5.41) is 0.633. The second kappa shape index (κ2) is 11.0. The lowest BCUT2D eigenvalue weighted by atomic mass is 9.82. The predicted octanol–water partition coefficient (Wildman–Crippen LogP) is 6.01. The number of benzene rings is 1. The summed E-state index contributed by atoms with van der Waals surface area (Å²) >= 11 is 6.29. The van der Waals surface area contributed by atoms with Crippen molar-refractivity contribution in [2.24, 2.45) is 17.3 Å². The summed E-state index contributed by atoms with van der Waals surface area (Å²) in [6.07, 6.45) is 7.78.